The van der Waals surface area contributed by atoms with Crippen molar-refractivity contribution in [3.05, 3.63) is 18.2 Å². The number of nitrogens with one attached hydrogen (secondary N) is 1. The van der Waals surface area contributed by atoms with E-state index in [4.69, 9.17) is 14.6 Å². The molecule has 0 bridgehead atoms. The number of aliphatic carboxylic acids is 1. The molecule has 0 aliphatic rings. The number of sulfonamides is 1. The zero-order valence-corrected chi connectivity index (χ0v) is 11.5. The summed E-state index contributed by atoms with van der Waals surface area (Å²) in [6.07, 6.45) is 0. The van der Waals surface area contributed by atoms with Crippen LogP contribution in [-0.2, 0) is 14.8 Å². The fourth-order valence-electron chi connectivity index (χ4n) is 1.25. The average molecular weight is 289 g/mol. The van der Waals surface area contributed by atoms with Crippen LogP contribution in [0.1, 0.15) is 6.92 Å². The van der Waals surface area contributed by atoms with Gasteiger partial charge in [-0.3, -0.25) is 9.52 Å². The van der Waals surface area contributed by atoms with Gasteiger partial charge < -0.3 is 14.6 Å². The van der Waals surface area contributed by atoms with Crippen LogP contribution < -0.4 is 14.2 Å². The van der Waals surface area contributed by atoms with Gasteiger partial charge in [0.2, 0.25) is 10.0 Å². The van der Waals surface area contributed by atoms with E-state index in [2.05, 4.69) is 4.72 Å². The molecule has 0 saturated carbocycles. The Morgan fingerprint density at radius 3 is 2.05 bits per heavy atom. The highest BCUT2D eigenvalue weighted by molar-refractivity contribution is 7.94. The zero-order valence-electron chi connectivity index (χ0n) is 10.7. The Morgan fingerprint density at radius 2 is 1.68 bits per heavy atom. The summed E-state index contributed by atoms with van der Waals surface area (Å²) in [6.45, 7) is 1.09. The lowest BCUT2D eigenvalue weighted by molar-refractivity contribution is -0.136. The number of hydrogen-bond donors (Lipinski definition) is 2. The van der Waals surface area contributed by atoms with Gasteiger partial charge in [-0.05, 0) is 6.92 Å². The molecule has 106 valence electrons. The molecule has 1 unspecified atom stereocenters. The molecule has 7 nitrogen and oxygen atoms in total. The van der Waals surface area contributed by atoms with Crippen LogP contribution in [0.4, 0.5) is 5.69 Å². The van der Waals surface area contributed by atoms with Gasteiger partial charge in [-0.2, -0.15) is 0 Å². The zero-order chi connectivity index (χ0) is 14.6. The summed E-state index contributed by atoms with van der Waals surface area (Å²) in [4.78, 5) is 10.7. The van der Waals surface area contributed by atoms with Gasteiger partial charge in [-0.1, -0.05) is 0 Å². The molecule has 0 aliphatic carbocycles. The molecule has 0 fully saturated rings. The van der Waals surface area contributed by atoms with Crippen molar-refractivity contribution in [1.82, 2.24) is 0 Å². The van der Waals surface area contributed by atoms with E-state index in [1.54, 1.807) is 6.07 Å². The van der Waals surface area contributed by atoms with Crippen LogP contribution in [0, 0.1) is 0 Å². The van der Waals surface area contributed by atoms with Crippen molar-refractivity contribution in [2.24, 2.45) is 0 Å². The summed E-state index contributed by atoms with van der Waals surface area (Å²) in [7, 11) is -1.18. The number of methoxy groups -OCH3 is 2. The minimum atomic E-state index is -4.02. The lowest BCUT2D eigenvalue weighted by atomic mass is 10.3. The van der Waals surface area contributed by atoms with Crippen LogP contribution in [0.5, 0.6) is 11.5 Å². The van der Waals surface area contributed by atoms with Crippen LogP contribution in [-0.4, -0.2) is 39.0 Å². The number of anilines is 1. The van der Waals surface area contributed by atoms with Crippen molar-refractivity contribution in [2.45, 2.75) is 12.2 Å². The highest BCUT2D eigenvalue weighted by Crippen LogP contribution is 2.26. The number of carboxylic acids is 1. The number of rotatable bonds is 6. The number of ether oxygens (including phenoxy) is 2. The molecule has 0 heterocycles. The summed E-state index contributed by atoms with van der Waals surface area (Å²) in [5.41, 5.74) is 0.171. The summed E-state index contributed by atoms with van der Waals surface area (Å²) in [5, 5.41) is 7.16. The van der Waals surface area contributed by atoms with Crippen LogP contribution in [0.25, 0.3) is 0 Å². The van der Waals surface area contributed by atoms with E-state index >= 15 is 0 Å². The third kappa shape index (κ3) is 3.75. The second kappa shape index (κ2) is 5.79. The van der Waals surface area contributed by atoms with E-state index in [9.17, 15) is 13.2 Å². The third-order valence-corrected chi connectivity index (χ3v) is 4.08. The smallest absolute Gasteiger partial charge is 0.323 e. The minimum Gasteiger partial charge on any atom is -0.497 e. The number of hydrogen-bond acceptors (Lipinski definition) is 5. The first-order chi connectivity index (χ1) is 8.80. The van der Waals surface area contributed by atoms with Gasteiger partial charge in [0, 0.05) is 18.2 Å². The predicted molar refractivity (Wildman–Crippen MR) is 69.2 cm³/mol. The van der Waals surface area contributed by atoms with Gasteiger partial charge in [-0.15, -0.1) is 0 Å². The molecule has 0 radical (unpaired) electrons. The van der Waals surface area contributed by atoms with Crippen LogP contribution in [0.3, 0.4) is 0 Å². The molecule has 0 aromatic heterocycles. The molecule has 0 saturated heterocycles. The Kier molecular flexibility index (Phi) is 4.60. The van der Waals surface area contributed by atoms with Crippen molar-refractivity contribution in [3.8, 4) is 11.5 Å². The second-order valence-electron chi connectivity index (χ2n) is 3.73. The fraction of sp³-hybridized carbons (Fsp3) is 0.364. The van der Waals surface area contributed by atoms with Gasteiger partial charge in [0.15, 0.2) is 5.25 Å². The van der Waals surface area contributed by atoms with Crippen molar-refractivity contribution in [3.63, 3.8) is 0 Å². The highest BCUT2D eigenvalue weighted by atomic mass is 32.2. The number of carboxylic acid groups (broad SMARTS) is 1. The largest absolute Gasteiger partial charge is 0.497 e. The van der Waals surface area contributed by atoms with E-state index in [0.29, 0.717) is 11.5 Å². The molecule has 1 rings (SSSR count). The molecule has 1 aromatic carbocycles. The van der Waals surface area contributed by atoms with Gasteiger partial charge in [0.05, 0.1) is 19.9 Å². The molecule has 19 heavy (non-hydrogen) atoms. The van der Waals surface area contributed by atoms with Crippen LogP contribution >= 0.6 is 0 Å². The van der Waals surface area contributed by atoms with E-state index in [0.717, 1.165) is 6.92 Å². The normalized spacial score (nSPS) is 12.6. The number of benzene rings is 1. The monoisotopic (exact) mass is 289 g/mol. The quantitative estimate of drug-likeness (QED) is 0.807. The molecular formula is C11H15NO6S. The summed E-state index contributed by atoms with van der Waals surface area (Å²) in [5.74, 6) is -0.651. The fourth-order valence-corrected chi connectivity index (χ4v) is 2.14. The molecule has 1 atom stereocenters. The first-order valence-corrected chi connectivity index (χ1v) is 6.82. The molecule has 0 aliphatic heterocycles. The topological polar surface area (TPSA) is 102 Å². The Balaban J connectivity index is 3.08. The molecule has 8 heteroatoms. The standard InChI is InChI=1S/C11H15NO6S/c1-7(11(13)14)19(15,16)12-8-4-9(17-2)6-10(5-8)18-3/h4-7,12H,1-3H3,(H,13,14). The molecule has 2 N–H and O–H groups in total. The molecular weight excluding hydrogens is 274 g/mol. The maximum Gasteiger partial charge on any atom is 0.323 e. The van der Waals surface area contributed by atoms with Crippen molar-refractivity contribution in [2.75, 3.05) is 18.9 Å². The van der Waals surface area contributed by atoms with Gasteiger partial charge in [0.1, 0.15) is 11.5 Å². The van der Waals surface area contributed by atoms with Gasteiger partial charge in [-0.25, -0.2) is 8.42 Å². The van der Waals surface area contributed by atoms with E-state index in [-0.39, 0.29) is 5.69 Å². The third-order valence-electron chi connectivity index (χ3n) is 2.42. The lowest BCUT2D eigenvalue weighted by Crippen LogP contribution is -2.32. The van der Waals surface area contributed by atoms with Crippen LogP contribution in [0.2, 0.25) is 0 Å². The molecule has 0 amide bonds. The van der Waals surface area contributed by atoms with Gasteiger partial charge >= 0.3 is 5.97 Å². The number of carbonyl (C=O) groups is 1. The van der Waals surface area contributed by atoms with E-state index in [1.165, 1.54) is 26.4 Å². The molecule has 0 spiro atoms. The van der Waals surface area contributed by atoms with E-state index < -0.39 is 21.2 Å². The first-order valence-electron chi connectivity index (χ1n) is 5.27. The van der Waals surface area contributed by atoms with Gasteiger partial charge in [0.25, 0.3) is 0 Å². The SMILES string of the molecule is COc1cc(NS(=O)(=O)C(C)C(=O)O)cc(OC)c1. The second-order valence-corrected chi connectivity index (χ2v) is 5.73. The maximum absolute atomic E-state index is 11.8. The lowest BCUT2D eigenvalue weighted by Gasteiger charge is -2.13. The maximum atomic E-state index is 11.8. The van der Waals surface area contributed by atoms with Crippen molar-refractivity contribution < 1.29 is 27.8 Å². The van der Waals surface area contributed by atoms with Crippen molar-refractivity contribution >= 4 is 21.7 Å². The van der Waals surface area contributed by atoms with Crippen molar-refractivity contribution in [1.29, 1.82) is 0 Å². The summed E-state index contributed by atoms with van der Waals surface area (Å²) in [6, 6.07) is 4.42. The van der Waals surface area contributed by atoms with Crippen LogP contribution in [0.15, 0.2) is 18.2 Å². The predicted octanol–water partition coefficient (Wildman–Crippen LogP) is 0.919. The highest BCUT2D eigenvalue weighted by Gasteiger charge is 2.27. The summed E-state index contributed by atoms with van der Waals surface area (Å²) >= 11 is 0. The average Bonchev–Trinajstić information content (AvgIpc) is 2.36. The first kappa shape index (κ1) is 15.1. The summed E-state index contributed by atoms with van der Waals surface area (Å²) < 4.78 is 35.7. The minimum absolute atomic E-state index is 0.171. The Morgan fingerprint density at radius 1 is 1.21 bits per heavy atom. The Labute approximate surface area is 111 Å². The van der Waals surface area contributed by atoms with E-state index in [1.807, 2.05) is 0 Å². The molecule has 1 aromatic rings. The Hall–Kier alpha value is -1.96. The Bertz CT molecular complexity index is 546.